The highest BCUT2D eigenvalue weighted by Gasteiger charge is 2.33. The summed E-state index contributed by atoms with van der Waals surface area (Å²) in [7, 11) is -2.22. The number of nitrogens with one attached hydrogen (secondary N) is 1. The van der Waals surface area contributed by atoms with Crippen molar-refractivity contribution in [1.82, 2.24) is 9.62 Å². The lowest BCUT2D eigenvalue weighted by Crippen LogP contribution is -2.39. The summed E-state index contributed by atoms with van der Waals surface area (Å²) in [5, 5.41) is 3.07. The molecule has 0 aromatic heterocycles. The highest BCUT2D eigenvalue weighted by Crippen LogP contribution is 2.28. The van der Waals surface area contributed by atoms with E-state index in [0.717, 1.165) is 44.0 Å². The van der Waals surface area contributed by atoms with Gasteiger partial charge in [0.25, 0.3) is 0 Å². The van der Waals surface area contributed by atoms with Gasteiger partial charge < -0.3 is 5.32 Å². The third-order valence-corrected chi connectivity index (χ3v) is 5.84. The van der Waals surface area contributed by atoms with Gasteiger partial charge in [0.2, 0.25) is 10.0 Å². The average Bonchev–Trinajstić information content (AvgIpc) is 2.45. The van der Waals surface area contributed by atoms with Gasteiger partial charge in [-0.05, 0) is 50.9 Å². The monoisotopic (exact) mass is 354 g/mol. The topological polar surface area (TPSA) is 49.4 Å². The molecule has 1 N–H and O–H groups in total. The van der Waals surface area contributed by atoms with Crippen molar-refractivity contribution in [2.24, 2.45) is 5.92 Å². The predicted molar refractivity (Wildman–Crippen MR) is 83.6 cm³/mol. The molecule has 8 heteroatoms. The second-order valence-electron chi connectivity index (χ2n) is 5.29. The maximum Gasteiger partial charge on any atom is 0.248 e. The molecule has 1 aliphatic rings. The quantitative estimate of drug-likeness (QED) is 0.883. The van der Waals surface area contributed by atoms with Gasteiger partial charge in [-0.2, -0.15) is 4.31 Å². The molecule has 0 unspecified atom stereocenters. The van der Waals surface area contributed by atoms with E-state index in [1.54, 1.807) is 0 Å². The third kappa shape index (κ3) is 4.16. The third-order valence-electron chi connectivity index (χ3n) is 3.89. The Hall–Kier alpha value is -0.760. The highest BCUT2D eigenvalue weighted by molar-refractivity contribution is 7.89. The van der Waals surface area contributed by atoms with Crippen LogP contribution in [0.15, 0.2) is 23.1 Å². The molecule has 1 aromatic carbocycles. The zero-order valence-corrected chi connectivity index (χ0v) is 14.0. The van der Waals surface area contributed by atoms with Crippen molar-refractivity contribution in [3.63, 3.8) is 0 Å². The maximum absolute atomic E-state index is 13.7. The number of piperidine rings is 1. The van der Waals surface area contributed by atoms with Gasteiger partial charge in [0.05, 0.1) is 0 Å². The van der Waals surface area contributed by atoms with Gasteiger partial charge in [-0.3, -0.25) is 0 Å². The van der Waals surface area contributed by atoms with Crippen molar-refractivity contribution >= 4 is 22.4 Å². The first-order chi connectivity index (χ1) is 9.96. The van der Waals surface area contributed by atoms with E-state index in [1.807, 2.05) is 7.05 Å². The number of nitrogens with zero attached hydrogens (tertiary/aromatic N) is 1. The van der Waals surface area contributed by atoms with Crippen molar-refractivity contribution in [3.05, 3.63) is 29.8 Å². The normalized spacial score (nSPS) is 17.2. The molecule has 1 aliphatic heterocycles. The molecule has 22 heavy (non-hydrogen) atoms. The fourth-order valence-electron chi connectivity index (χ4n) is 2.64. The molecule has 1 fully saturated rings. The van der Waals surface area contributed by atoms with E-state index in [9.17, 15) is 17.2 Å². The summed E-state index contributed by atoms with van der Waals surface area (Å²) in [6.45, 7) is 1.51. The fourth-order valence-corrected chi connectivity index (χ4v) is 4.22. The predicted octanol–water partition coefficient (Wildman–Crippen LogP) is 2.40. The SMILES string of the molecule is CNCCC1CCN(S(=O)(=O)c2c(F)cccc2F)CC1.Cl. The molecule has 2 rings (SSSR count). The van der Waals surface area contributed by atoms with E-state index < -0.39 is 26.6 Å². The Morgan fingerprint density at radius 3 is 2.27 bits per heavy atom. The summed E-state index contributed by atoms with van der Waals surface area (Å²) in [5.74, 6) is -1.62. The Balaban J connectivity index is 0.00000242. The molecule has 0 spiro atoms. The molecule has 4 nitrogen and oxygen atoms in total. The van der Waals surface area contributed by atoms with Crippen molar-refractivity contribution in [2.75, 3.05) is 26.7 Å². The van der Waals surface area contributed by atoms with E-state index in [-0.39, 0.29) is 12.4 Å². The van der Waals surface area contributed by atoms with E-state index in [2.05, 4.69) is 5.32 Å². The van der Waals surface area contributed by atoms with Gasteiger partial charge in [0.15, 0.2) is 4.90 Å². The lowest BCUT2D eigenvalue weighted by Gasteiger charge is -2.31. The zero-order chi connectivity index (χ0) is 15.5. The first kappa shape index (κ1) is 19.3. The number of hydrogen-bond acceptors (Lipinski definition) is 3. The molecule has 0 amide bonds. The van der Waals surface area contributed by atoms with Crippen LogP contribution in [-0.2, 0) is 10.0 Å². The molecule has 0 saturated carbocycles. The zero-order valence-electron chi connectivity index (χ0n) is 12.4. The largest absolute Gasteiger partial charge is 0.320 e. The Labute approximate surface area is 136 Å². The van der Waals surface area contributed by atoms with Gasteiger partial charge in [-0.15, -0.1) is 12.4 Å². The van der Waals surface area contributed by atoms with Crippen molar-refractivity contribution in [2.45, 2.75) is 24.2 Å². The smallest absolute Gasteiger partial charge is 0.248 e. The molecule has 0 atom stereocenters. The Morgan fingerprint density at radius 1 is 1.23 bits per heavy atom. The second-order valence-corrected chi connectivity index (χ2v) is 7.17. The number of halogens is 3. The lowest BCUT2D eigenvalue weighted by molar-refractivity contribution is 0.261. The summed E-state index contributed by atoms with van der Waals surface area (Å²) < 4.78 is 53.3. The van der Waals surface area contributed by atoms with Crippen molar-refractivity contribution in [3.8, 4) is 0 Å². The van der Waals surface area contributed by atoms with Crippen LogP contribution in [0.1, 0.15) is 19.3 Å². The molecule has 0 bridgehead atoms. The first-order valence-corrected chi connectivity index (χ1v) is 8.49. The lowest BCUT2D eigenvalue weighted by atomic mass is 9.95. The number of benzene rings is 1. The number of rotatable bonds is 5. The molecule has 1 aromatic rings. The molecule has 0 radical (unpaired) electrons. The van der Waals surface area contributed by atoms with Crippen LogP contribution < -0.4 is 5.32 Å². The van der Waals surface area contributed by atoms with Crippen LogP contribution in [0.5, 0.6) is 0 Å². The molecule has 1 saturated heterocycles. The average molecular weight is 355 g/mol. The number of hydrogen-bond donors (Lipinski definition) is 1. The summed E-state index contributed by atoms with van der Waals surface area (Å²) in [5.41, 5.74) is 0. The summed E-state index contributed by atoms with van der Waals surface area (Å²) in [6.07, 6.45) is 2.42. The van der Waals surface area contributed by atoms with Crippen LogP contribution in [0, 0.1) is 17.6 Å². The standard InChI is InChI=1S/C14H20F2N2O2S.ClH/c1-17-8-5-11-6-9-18(10-7-11)21(19,20)14-12(15)3-2-4-13(14)16;/h2-4,11,17H,5-10H2,1H3;1H. The number of sulfonamides is 1. The van der Waals surface area contributed by atoms with E-state index in [1.165, 1.54) is 4.31 Å². The second kappa shape index (κ2) is 8.19. The van der Waals surface area contributed by atoms with Gasteiger partial charge in [-0.25, -0.2) is 17.2 Å². The van der Waals surface area contributed by atoms with Crippen molar-refractivity contribution in [1.29, 1.82) is 0 Å². The minimum Gasteiger partial charge on any atom is -0.320 e. The highest BCUT2D eigenvalue weighted by atomic mass is 35.5. The minimum absolute atomic E-state index is 0. The van der Waals surface area contributed by atoms with Crippen molar-refractivity contribution < 1.29 is 17.2 Å². The van der Waals surface area contributed by atoms with Gasteiger partial charge in [-0.1, -0.05) is 6.07 Å². The molecular weight excluding hydrogens is 334 g/mol. The molecular formula is C14H21ClF2N2O2S. The Kier molecular flexibility index (Phi) is 7.18. The molecule has 126 valence electrons. The van der Waals surface area contributed by atoms with Crippen LogP contribution in [0.3, 0.4) is 0 Å². The molecule has 1 heterocycles. The van der Waals surface area contributed by atoms with Gasteiger partial charge >= 0.3 is 0 Å². The molecule has 0 aliphatic carbocycles. The minimum atomic E-state index is -4.10. The van der Waals surface area contributed by atoms with Gasteiger partial charge in [0, 0.05) is 13.1 Å². The Bertz CT molecular complexity index is 570. The summed E-state index contributed by atoms with van der Waals surface area (Å²) in [4.78, 5) is -0.835. The van der Waals surface area contributed by atoms with E-state index in [0.29, 0.717) is 19.0 Å². The fraction of sp³-hybridized carbons (Fsp3) is 0.571. The van der Waals surface area contributed by atoms with Crippen LogP contribution in [-0.4, -0.2) is 39.4 Å². The van der Waals surface area contributed by atoms with Crippen LogP contribution in [0.25, 0.3) is 0 Å². The first-order valence-electron chi connectivity index (χ1n) is 7.05. The maximum atomic E-state index is 13.7. The Morgan fingerprint density at radius 2 is 1.77 bits per heavy atom. The van der Waals surface area contributed by atoms with Crippen LogP contribution in [0.4, 0.5) is 8.78 Å². The van der Waals surface area contributed by atoms with Crippen LogP contribution >= 0.6 is 12.4 Å². The summed E-state index contributed by atoms with van der Waals surface area (Å²) in [6, 6.07) is 3.10. The van der Waals surface area contributed by atoms with E-state index in [4.69, 9.17) is 0 Å². The van der Waals surface area contributed by atoms with Gasteiger partial charge in [0.1, 0.15) is 11.6 Å². The van der Waals surface area contributed by atoms with Crippen LogP contribution in [0.2, 0.25) is 0 Å². The van der Waals surface area contributed by atoms with E-state index >= 15 is 0 Å². The summed E-state index contributed by atoms with van der Waals surface area (Å²) >= 11 is 0.